The highest BCUT2D eigenvalue weighted by Gasteiger charge is 2.05. The van der Waals surface area contributed by atoms with Crippen molar-refractivity contribution in [3.05, 3.63) is 29.8 Å². The van der Waals surface area contributed by atoms with E-state index in [1.807, 2.05) is 30.5 Å². The van der Waals surface area contributed by atoms with Crippen molar-refractivity contribution in [2.24, 2.45) is 5.92 Å². The van der Waals surface area contributed by atoms with Crippen molar-refractivity contribution in [2.75, 3.05) is 32.7 Å². The number of thioether (sulfide) groups is 1. The van der Waals surface area contributed by atoms with Crippen LogP contribution in [0, 0.1) is 5.92 Å². The van der Waals surface area contributed by atoms with Crippen LogP contribution in [0.1, 0.15) is 24.2 Å². The van der Waals surface area contributed by atoms with E-state index in [0.717, 1.165) is 11.5 Å². The van der Waals surface area contributed by atoms with Gasteiger partial charge in [0.1, 0.15) is 6.61 Å². The summed E-state index contributed by atoms with van der Waals surface area (Å²) in [5.74, 6) is 0.535. The molecule has 106 valence electrons. The topological polar surface area (TPSA) is 35.5 Å². The van der Waals surface area contributed by atoms with Crippen LogP contribution in [0.5, 0.6) is 0 Å². The lowest BCUT2D eigenvalue weighted by Gasteiger charge is -2.07. The molecule has 0 unspecified atom stereocenters. The van der Waals surface area contributed by atoms with E-state index in [4.69, 9.17) is 9.47 Å². The Morgan fingerprint density at radius 1 is 1.16 bits per heavy atom. The molecule has 0 aliphatic rings. The number of rotatable bonds is 9. The van der Waals surface area contributed by atoms with Gasteiger partial charge in [-0.3, -0.25) is 4.79 Å². The maximum Gasteiger partial charge on any atom is 0.188 e. The largest absolute Gasteiger partial charge is 0.379 e. The number of Topliss-reactive ketones (excluding diaryl/α,β-unsaturated/α-hetero) is 1. The number of benzene rings is 1. The van der Waals surface area contributed by atoms with Gasteiger partial charge in [-0.05, 0) is 24.3 Å². The van der Waals surface area contributed by atoms with Gasteiger partial charge in [0.2, 0.25) is 0 Å². The second-order valence-electron chi connectivity index (χ2n) is 4.67. The molecule has 0 atom stereocenters. The van der Waals surface area contributed by atoms with E-state index in [-0.39, 0.29) is 12.4 Å². The van der Waals surface area contributed by atoms with Crippen LogP contribution < -0.4 is 0 Å². The zero-order valence-electron chi connectivity index (χ0n) is 11.8. The molecule has 0 amide bonds. The summed E-state index contributed by atoms with van der Waals surface area (Å²) in [4.78, 5) is 13.0. The molecule has 0 saturated heterocycles. The number of carbonyl (C=O) groups is 1. The zero-order valence-corrected chi connectivity index (χ0v) is 12.7. The summed E-state index contributed by atoms with van der Waals surface area (Å²) in [5, 5.41) is 0. The van der Waals surface area contributed by atoms with Gasteiger partial charge >= 0.3 is 0 Å². The third kappa shape index (κ3) is 6.76. The molecule has 1 aromatic rings. The van der Waals surface area contributed by atoms with E-state index in [2.05, 4.69) is 13.8 Å². The molecule has 0 aromatic heterocycles. The maximum absolute atomic E-state index is 11.8. The van der Waals surface area contributed by atoms with Crippen LogP contribution in [0.15, 0.2) is 29.2 Å². The van der Waals surface area contributed by atoms with Gasteiger partial charge < -0.3 is 9.47 Å². The SMILES string of the molecule is CSc1ccc(C(=O)COCCOCC(C)C)cc1. The van der Waals surface area contributed by atoms with Crippen molar-refractivity contribution >= 4 is 17.5 Å². The van der Waals surface area contributed by atoms with Crippen molar-refractivity contribution < 1.29 is 14.3 Å². The minimum absolute atomic E-state index is 0.0107. The van der Waals surface area contributed by atoms with E-state index in [1.165, 1.54) is 0 Å². The van der Waals surface area contributed by atoms with E-state index in [1.54, 1.807) is 11.8 Å². The summed E-state index contributed by atoms with van der Waals surface area (Å²) in [6.07, 6.45) is 2.01. The molecule has 19 heavy (non-hydrogen) atoms. The van der Waals surface area contributed by atoms with Gasteiger partial charge in [0.15, 0.2) is 5.78 Å². The molecular formula is C15H22O3S. The van der Waals surface area contributed by atoms with Crippen LogP contribution >= 0.6 is 11.8 Å². The fraction of sp³-hybridized carbons (Fsp3) is 0.533. The molecular weight excluding hydrogens is 260 g/mol. The van der Waals surface area contributed by atoms with Gasteiger partial charge in [0.25, 0.3) is 0 Å². The molecule has 1 aromatic carbocycles. The molecule has 0 bridgehead atoms. The Labute approximate surface area is 119 Å². The lowest BCUT2D eigenvalue weighted by atomic mass is 10.1. The van der Waals surface area contributed by atoms with Gasteiger partial charge in [-0.2, -0.15) is 0 Å². The summed E-state index contributed by atoms with van der Waals surface area (Å²) < 4.78 is 10.7. The van der Waals surface area contributed by atoms with E-state index < -0.39 is 0 Å². The predicted octanol–water partition coefficient (Wildman–Crippen LogP) is 3.28. The molecule has 3 nitrogen and oxygen atoms in total. The third-order valence-corrected chi connectivity index (χ3v) is 3.21. The van der Waals surface area contributed by atoms with Gasteiger partial charge in [-0.1, -0.05) is 26.0 Å². The molecule has 0 fully saturated rings. The minimum atomic E-state index is 0.0107. The Morgan fingerprint density at radius 2 is 1.79 bits per heavy atom. The summed E-state index contributed by atoms with van der Waals surface area (Å²) in [5.41, 5.74) is 0.695. The van der Waals surface area contributed by atoms with Crippen LogP contribution in [0.3, 0.4) is 0 Å². The van der Waals surface area contributed by atoms with Gasteiger partial charge in [0.05, 0.1) is 13.2 Å². The summed E-state index contributed by atoms with van der Waals surface area (Å²) in [7, 11) is 0. The molecule has 0 radical (unpaired) electrons. The number of ether oxygens (including phenoxy) is 2. The molecule has 1 rings (SSSR count). The Hall–Kier alpha value is -0.840. The van der Waals surface area contributed by atoms with Crippen molar-refractivity contribution in [3.8, 4) is 0 Å². The summed E-state index contributed by atoms with van der Waals surface area (Å²) >= 11 is 1.66. The lowest BCUT2D eigenvalue weighted by molar-refractivity contribution is 0.0364. The first-order chi connectivity index (χ1) is 9.13. The second-order valence-corrected chi connectivity index (χ2v) is 5.55. The maximum atomic E-state index is 11.8. The normalized spacial score (nSPS) is 10.9. The smallest absolute Gasteiger partial charge is 0.188 e. The second kappa shape index (κ2) is 9.13. The first-order valence-corrected chi connectivity index (χ1v) is 7.68. The number of carbonyl (C=O) groups excluding carboxylic acids is 1. The quantitative estimate of drug-likeness (QED) is 0.395. The number of hydrogen-bond acceptors (Lipinski definition) is 4. The fourth-order valence-electron chi connectivity index (χ4n) is 1.46. The van der Waals surface area contributed by atoms with Crippen LogP contribution in [-0.2, 0) is 9.47 Å². The average molecular weight is 282 g/mol. The van der Waals surface area contributed by atoms with E-state index >= 15 is 0 Å². The van der Waals surface area contributed by atoms with Crippen molar-refractivity contribution in [1.82, 2.24) is 0 Å². The average Bonchev–Trinajstić information content (AvgIpc) is 2.42. The Balaban J connectivity index is 2.20. The fourth-order valence-corrected chi connectivity index (χ4v) is 1.87. The zero-order chi connectivity index (χ0) is 14.1. The van der Waals surface area contributed by atoms with Gasteiger partial charge in [-0.15, -0.1) is 11.8 Å². The Morgan fingerprint density at radius 3 is 2.37 bits per heavy atom. The molecule has 0 heterocycles. The predicted molar refractivity (Wildman–Crippen MR) is 79.0 cm³/mol. The van der Waals surface area contributed by atoms with Gasteiger partial charge in [-0.25, -0.2) is 0 Å². The summed E-state index contributed by atoms with van der Waals surface area (Å²) in [6.45, 7) is 6.04. The third-order valence-electron chi connectivity index (χ3n) is 2.47. The van der Waals surface area contributed by atoms with Crippen LogP contribution in [0.25, 0.3) is 0 Å². The number of hydrogen-bond donors (Lipinski definition) is 0. The van der Waals surface area contributed by atoms with Crippen molar-refractivity contribution in [3.63, 3.8) is 0 Å². The molecule has 0 spiro atoms. The van der Waals surface area contributed by atoms with Crippen molar-refractivity contribution in [1.29, 1.82) is 0 Å². The van der Waals surface area contributed by atoms with Crippen LogP contribution in [0.2, 0.25) is 0 Å². The highest BCUT2D eigenvalue weighted by atomic mass is 32.2. The highest BCUT2D eigenvalue weighted by molar-refractivity contribution is 7.98. The minimum Gasteiger partial charge on any atom is -0.379 e. The molecule has 4 heteroatoms. The van der Waals surface area contributed by atoms with Crippen molar-refractivity contribution in [2.45, 2.75) is 18.7 Å². The first kappa shape index (κ1) is 16.2. The Kier molecular flexibility index (Phi) is 7.79. The van der Waals surface area contributed by atoms with E-state index in [0.29, 0.717) is 24.7 Å². The molecule has 0 saturated carbocycles. The summed E-state index contributed by atoms with van der Waals surface area (Å²) in [6, 6.07) is 7.58. The standard InChI is InChI=1S/C15H22O3S/c1-12(2)10-17-8-9-18-11-15(16)13-4-6-14(19-3)7-5-13/h4-7,12H,8-11H2,1-3H3. The van der Waals surface area contributed by atoms with Crippen LogP contribution in [-0.4, -0.2) is 38.5 Å². The number of ketones is 1. The van der Waals surface area contributed by atoms with Gasteiger partial charge in [0, 0.05) is 17.1 Å². The molecule has 0 aliphatic heterocycles. The van der Waals surface area contributed by atoms with E-state index in [9.17, 15) is 4.79 Å². The molecule has 0 aliphatic carbocycles. The Bertz CT molecular complexity index is 373. The highest BCUT2D eigenvalue weighted by Crippen LogP contribution is 2.15. The monoisotopic (exact) mass is 282 g/mol. The van der Waals surface area contributed by atoms with Crippen LogP contribution in [0.4, 0.5) is 0 Å². The molecule has 0 N–H and O–H groups in total. The lowest BCUT2D eigenvalue weighted by Crippen LogP contribution is -2.13. The first-order valence-electron chi connectivity index (χ1n) is 6.46.